The normalized spacial score (nSPS) is 19.0. The third-order valence-electron chi connectivity index (χ3n) is 5.41. The van der Waals surface area contributed by atoms with Crippen molar-refractivity contribution in [2.75, 3.05) is 37.4 Å². The summed E-state index contributed by atoms with van der Waals surface area (Å²) in [5, 5.41) is 0.814. The number of hydrogen-bond donors (Lipinski definition) is 1. The van der Waals surface area contributed by atoms with Crippen molar-refractivity contribution in [2.45, 2.75) is 11.3 Å². The largest absolute Gasteiger partial charge is 0.457 e. The maximum atomic E-state index is 13.3. The summed E-state index contributed by atoms with van der Waals surface area (Å²) in [7, 11) is 1.90. The minimum atomic E-state index is -3.72. The fourth-order valence-corrected chi connectivity index (χ4v) is 5.26. The molecular formula is C24H27N3O4S. The van der Waals surface area contributed by atoms with Gasteiger partial charge in [0.1, 0.15) is 16.7 Å². The first-order valence-electron chi connectivity index (χ1n) is 10.3. The van der Waals surface area contributed by atoms with Crippen molar-refractivity contribution in [1.82, 2.24) is 5.06 Å². The van der Waals surface area contributed by atoms with Gasteiger partial charge in [0.2, 0.25) is 10.0 Å². The summed E-state index contributed by atoms with van der Waals surface area (Å²) in [6.45, 7) is 0.0655. The molecule has 1 N–H and O–H groups in total. The molecule has 0 saturated carbocycles. The number of benzene rings is 3. The first-order valence-corrected chi connectivity index (χ1v) is 11.9. The van der Waals surface area contributed by atoms with Crippen molar-refractivity contribution in [2.24, 2.45) is 0 Å². The second-order valence-corrected chi connectivity index (χ2v) is 9.80. The van der Waals surface area contributed by atoms with Crippen molar-refractivity contribution < 1.29 is 18.0 Å². The van der Waals surface area contributed by atoms with Crippen molar-refractivity contribution in [1.29, 1.82) is 0 Å². The zero-order chi connectivity index (χ0) is 22.7. The smallest absolute Gasteiger partial charge is 0.239 e. The van der Waals surface area contributed by atoms with E-state index in [1.807, 2.05) is 85.7 Å². The fourth-order valence-electron chi connectivity index (χ4n) is 3.73. The molecule has 7 nitrogen and oxygen atoms in total. The number of hydrogen-bond acceptors (Lipinski definition) is 6. The molecule has 1 aliphatic rings. The van der Waals surface area contributed by atoms with Gasteiger partial charge in [0.05, 0.1) is 12.6 Å². The van der Waals surface area contributed by atoms with Crippen LogP contribution in [0.1, 0.15) is 11.6 Å². The molecule has 4 rings (SSSR count). The van der Waals surface area contributed by atoms with E-state index in [0.717, 1.165) is 11.3 Å². The Labute approximate surface area is 189 Å². The number of sulfonamides is 1. The highest BCUT2D eigenvalue weighted by Gasteiger charge is 2.43. The number of ether oxygens (including phenoxy) is 1. The number of hydroxylamine groups is 2. The highest BCUT2D eigenvalue weighted by molar-refractivity contribution is 7.93. The molecule has 1 saturated heterocycles. The van der Waals surface area contributed by atoms with E-state index in [-0.39, 0.29) is 6.61 Å². The van der Waals surface area contributed by atoms with Crippen LogP contribution in [0.4, 0.5) is 11.4 Å². The minimum absolute atomic E-state index is 0.0655. The molecule has 0 amide bonds. The highest BCUT2D eigenvalue weighted by atomic mass is 32.2. The summed E-state index contributed by atoms with van der Waals surface area (Å²) in [6.07, 6.45) is 0. The highest BCUT2D eigenvalue weighted by Crippen LogP contribution is 2.36. The van der Waals surface area contributed by atoms with Crippen LogP contribution in [0, 0.1) is 0 Å². The van der Waals surface area contributed by atoms with E-state index < -0.39 is 21.3 Å². The molecule has 1 heterocycles. The Hall–Kier alpha value is -3.07. The lowest BCUT2D eigenvalue weighted by Crippen LogP contribution is -2.34. The lowest BCUT2D eigenvalue weighted by molar-refractivity contribution is -0.110. The zero-order valence-corrected chi connectivity index (χ0v) is 19.1. The predicted octanol–water partition coefficient (Wildman–Crippen LogP) is 4.27. The molecule has 1 aliphatic heterocycles. The molecule has 2 atom stereocenters. The second-order valence-electron chi connectivity index (χ2n) is 7.90. The van der Waals surface area contributed by atoms with Gasteiger partial charge in [0, 0.05) is 32.5 Å². The van der Waals surface area contributed by atoms with Gasteiger partial charge >= 0.3 is 0 Å². The number of para-hydroxylation sites is 1. The third-order valence-corrected chi connectivity index (χ3v) is 7.12. The number of nitrogens with zero attached hydrogens (tertiary/aromatic N) is 2. The van der Waals surface area contributed by atoms with Crippen molar-refractivity contribution in [3.63, 3.8) is 0 Å². The first kappa shape index (κ1) is 22.1. The molecule has 0 aliphatic carbocycles. The molecule has 0 aromatic heterocycles. The summed E-state index contributed by atoms with van der Waals surface area (Å²) in [5.41, 5.74) is 2.31. The van der Waals surface area contributed by atoms with Gasteiger partial charge in [0.15, 0.2) is 0 Å². The van der Waals surface area contributed by atoms with Crippen LogP contribution >= 0.6 is 0 Å². The Morgan fingerprint density at radius 2 is 1.66 bits per heavy atom. The van der Waals surface area contributed by atoms with Crippen LogP contribution in [0.15, 0.2) is 78.9 Å². The van der Waals surface area contributed by atoms with Crippen molar-refractivity contribution >= 4 is 21.4 Å². The summed E-state index contributed by atoms with van der Waals surface area (Å²) in [5.74, 6) is 1.35. The monoisotopic (exact) mass is 453 g/mol. The molecule has 1 fully saturated rings. The van der Waals surface area contributed by atoms with Crippen molar-refractivity contribution in [3.05, 3.63) is 84.4 Å². The zero-order valence-electron chi connectivity index (χ0n) is 18.3. The summed E-state index contributed by atoms with van der Waals surface area (Å²) in [6, 6.07) is 23.7. The van der Waals surface area contributed by atoms with Gasteiger partial charge in [-0.2, -0.15) is 5.06 Å². The average molecular weight is 454 g/mol. The second kappa shape index (κ2) is 9.20. The Kier molecular flexibility index (Phi) is 6.36. The Bertz CT molecular complexity index is 1150. The predicted molar refractivity (Wildman–Crippen MR) is 127 cm³/mol. The van der Waals surface area contributed by atoms with E-state index in [2.05, 4.69) is 4.72 Å². The molecule has 3 aromatic carbocycles. The maximum absolute atomic E-state index is 13.3. The van der Waals surface area contributed by atoms with Crippen LogP contribution in [0.2, 0.25) is 0 Å². The van der Waals surface area contributed by atoms with Crippen LogP contribution in [0.25, 0.3) is 0 Å². The third kappa shape index (κ3) is 4.88. The van der Waals surface area contributed by atoms with E-state index >= 15 is 0 Å². The Balaban J connectivity index is 1.56. The van der Waals surface area contributed by atoms with Crippen molar-refractivity contribution in [3.8, 4) is 11.5 Å². The SMILES string of the molecule is CN(C)c1ccc(NS(=O)(=O)[C@@H]2CON(C)[C@@H]2c2cccc(Oc3ccccc3)c2)cc1. The molecule has 0 spiro atoms. The molecule has 168 valence electrons. The van der Waals surface area contributed by atoms with Gasteiger partial charge in [-0.15, -0.1) is 0 Å². The van der Waals surface area contributed by atoms with Gasteiger partial charge in [-0.05, 0) is 54.1 Å². The van der Waals surface area contributed by atoms with E-state index in [9.17, 15) is 8.42 Å². The van der Waals surface area contributed by atoms with Crippen LogP contribution < -0.4 is 14.4 Å². The maximum Gasteiger partial charge on any atom is 0.239 e. The number of nitrogens with one attached hydrogen (secondary N) is 1. The van der Waals surface area contributed by atoms with E-state index in [4.69, 9.17) is 9.57 Å². The molecule has 32 heavy (non-hydrogen) atoms. The molecule has 0 radical (unpaired) electrons. The first-order chi connectivity index (χ1) is 15.3. The standard InChI is InChI=1S/C24H27N3O4S/c1-26(2)20-14-12-19(13-15-20)25-32(28,29)23-17-30-27(3)24(23)18-8-7-11-22(16-18)31-21-9-5-4-6-10-21/h4-16,23-25H,17H2,1-3H3/t23-,24-/m1/s1. The van der Waals surface area contributed by atoms with Gasteiger partial charge in [-0.1, -0.05) is 30.3 Å². The summed E-state index contributed by atoms with van der Waals surface area (Å²) < 4.78 is 35.2. The van der Waals surface area contributed by atoms with Crippen LogP contribution in [-0.4, -0.2) is 46.5 Å². The quantitative estimate of drug-likeness (QED) is 0.576. The van der Waals surface area contributed by atoms with Crippen LogP contribution in [0.3, 0.4) is 0 Å². The van der Waals surface area contributed by atoms with E-state index in [0.29, 0.717) is 17.2 Å². The van der Waals surface area contributed by atoms with Crippen LogP contribution in [0.5, 0.6) is 11.5 Å². The van der Waals surface area contributed by atoms with E-state index in [1.54, 1.807) is 24.2 Å². The topological polar surface area (TPSA) is 71.1 Å². The van der Waals surface area contributed by atoms with Gasteiger partial charge in [-0.3, -0.25) is 9.56 Å². The lowest BCUT2D eigenvalue weighted by atomic mass is 10.0. The summed E-state index contributed by atoms with van der Waals surface area (Å²) >= 11 is 0. The summed E-state index contributed by atoms with van der Waals surface area (Å²) in [4.78, 5) is 7.59. The van der Waals surface area contributed by atoms with E-state index in [1.165, 1.54) is 0 Å². The van der Waals surface area contributed by atoms with Crippen LogP contribution in [-0.2, 0) is 14.9 Å². The molecule has 8 heteroatoms. The number of anilines is 2. The van der Waals surface area contributed by atoms with Gasteiger partial charge in [0.25, 0.3) is 0 Å². The fraction of sp³-hybridized carbons (Fsp3) is 0.250. The average Bonchev–Trinajstić information content (AvgIpc) is 3.17. The molecule has 0 bridgehead atoms. The molecule has 0 unspecified atom stereocenters. The Morgan fingerprint density at radius 3 is 2.34 bits per heavy atom. The van der Waals surface area contributed by atoms with Gasteiger partial charge in [-0.25, -0.2) is 8.42 Å². The lowest BCUT2D eigenvalue weighted by Gasteiger charge is -2.24. The minimum Gasteiger partial charge on any atom is -0.457 e. The van der Waals surface area contributed by atoms with Gasteiger partial charge < -0.3 is 9.64 Å². The molecular weight excluding hydrogens is 426 g/mol. The number of rotatable bonds is 7. The molecule has 3 aromatic rings. The Morgan fingerprint density at radius 1 is 0.969 bits per heavy atom.